The lowest BCUT2D eigenvalue weighted by atomic mass is 10.0. The monoisotopic (exact) mass is 452 g/mol. The van der Waals surface area contributed by atoms with E-state index >= 15 is 0 Å². The van der Waals surface area contributed by atoms with Gasteiger partial charge in [0.2, 0.25) is 0 Å². The Morgan fingerprint density at radius 2 is 2.03 bits per heavy atom. The Morgan fingerprint density at radius 1 is 1.21 bits per heavy atom. The van der Waals surface area contributed by atoms with Crippen LogP contribution < -0.4 is 0 Å². The van der Waals surface area contributed by atoms with E-state index in [1.165, 1.54) is 22.6 Å². The van der Waals surface area contributed by atoms with Crippen LogP contribution in [0.4, 0.5) is 4.39 Å². The number of H-pyrrole nitrogens is 1. The number of aromatic amines is 1. The quantitative estimate of drug-likeness (QED) is 0.476. The molecule has 5 rings (SSSR count). The van der Waals surface area contributed by atoms with E-state index in [2.05, 4.69) is 32.1 Å². The molecule has 7 heteroatoms. The number of halogens is 2. The molecule has 4 aromatic rings. The zero-order valence-corrected chi connectivity index (χ0v) is 17.3. The van der Waals surface area contributed by atoms with Gasteiger partial charge in [-0.2, -0.15) is 5.10 Å². The van der Waals surface area contributed by atoms with Crippen molar-refractivity contribution in [2.24, 2.45) is 0 Å². The highest BCUT2D eigenvalue weighted by molar-refractivity contribution is 9.10. The molecule has 3 heterocycles. The molecule has 0 atom stereocenters. The Labute approximate surface area is 175 Å². The molecule has 0 bridgehead atoms. The first-order valence-electron chi connectivity index (χ1n) is 9.41. The van der Waals surface area contributed by atoms with Gasteiger partial charge in [0.25, 0.3) is 5.91 Å². The van der Waals surface area contributed by atoms with Crippen molar-refractivity contribution in [1.82, 2.24) is 19.7 Å². The van der Waals surface area contributed by atoms with Gasteiger partial charge in [0, 0.05) is 40.6 Å². The third-order valence-electron chi connectivity index (χ3n) is 5.57. The minimum Gasteiger partial charge on any atom is -0.357 e. The van der Waals surface area contributed by atoms with Gasteiger partial charge in [0.1, 0.15) is 11.5 Å². The second kappa shape index (κ2) is 6.84. The Kier molecular flexibility index (Phi) is 4.28. The van der Waals surface area contributed by atoms with E-state index in [1.54, 1.807) is 25.1 Å². The maximum absolute atomic E-state index is 14.2. The number of nitrogens with zero attached hydrogens (tertiary/aromatic N) is 3. The summed E-state index contributed by atoms with van der Waals surface area (Å²) in [6, 6.07) is 12.5. The third-order valence-corrected chi connectivity index (χ3v) is 6.23. The molecule has 0 radical (unpaired) electrons. The Balaban J connectivity index is 1.48. The average molecular weight is 453 g/mol. The lowest BCUT2D eigenvalue weighted by Crippen LogP contribution is -2.36. The smallest absolute Gasteiger partial charge is 0.257 e. The summed E-state index contributed by atoms with van der Waals surface area (Å²) in [6.07, 6.45) is 2.30. The topological polar surface area (TPSA) is 53.9 Å². The number of hydrogen-bond acceptors (Lipinski definition) is 2. The molecule has 0 fully saturated rings. The number of amides is 1. The van der Waals surface area contributed by atoms with Crippen LogP contribution in [0.3, 0.4) is 0 Å². The van der Waals surface area contributed by atoms with E-state index in [-0.39, 0.29) is 11.7 Å². The van der Waals surface area contributed by atoms with E-state index in [9.17, 15) is 9.18 Å². The van der Waals surface area contributed by atoms with Gasteiger partial charge in [0.05, 0.1) is 23.0 Å². The molecule has 1 aliphatic rings. The molecule has 29 heavy (non-hydrogen) atoms. The predicted octanol–water partition coefficient (Wildman–Crippen LogP) is 4.76. The van der Waals surface area contributed by atoms with Gasteiger partial charge < -0.3 is 9.88 Å². The number of hydrogen-bond donors (Lipinski definition) is 1. The summed E-state index contributed by atoms with van der Waals surface area (Å²) in [5.41, 5.74) is 4.86. The molecule has 0 spiro atoms. The van der Waals surface area contributed by atoms with E-state index in [1.807, 2.05) is 17.0 Å². The summed E-state index contributed by atoms with van der Waals surface area (Å²) in [7, 11) is 0. The fraction of sp³-hybridized carbons (Fsp3) is 0.182. The first-order valence-corrected chi connectivity index (χ1v) is 10.2. The highest BCUT2D eigenvalue weighted by Gasteiger charge is 2.27. The SMILES string of the molecule is Cc1c(C(=O)N2CCc3[nH]c4c(Br)cccc4c3C2)cnn1-c1ccccc1F. The van der Waals surface area contributed by atoms with Crippen molar-refractivity contribution < 1.29 is 9.18 Å². The zero-order valence-electron chi connectivity index (χ0n) is 15.7. The fourth-order valence-electron chi connectivity index (χ4n) is 4.03. The molecule has 1 N–H and O–H groups in total. The molecule has 2 aromatic carbocycles. The lowest BCUT2D eigenvalue weighted by molar-refractivity contribution is 0.0734. The van der Waals surface area contributed by atoms with Crippen LogP contribution in [0.2, 0.25) is 0 Å². The number of fused-ring (bicyclic) bond motifs is 3. The van der Waals surface area contributed by atoms with Gasteiger partial charge in [-0.25, -0.2) is 9.07 Å². The zero-order chi connectivity index (χ0) is 20.1. The third kappa shape index (κ3) is 2.88. The molecule has 0 saturated carbocycles. The molecule has 0 aliphatic carbocycles. The van der Waals surface area contributed by atoms with Crippen LogP contribution in [0.5, 0.6) is 0 Å². The summed E-state index contributed by atoms with van der Waals surface area (Å²) in [5.74, 6) is -0.454. The average Bonchev–Trinajstić information content (AvgIpc) is 3.29. The number of nitrogens with one attached hydrogen (secondary N) is 1. The van der Waals surface area contributed by atoms with Crippen LogP contribution in [0.25, 0.3) is 16.6 Å². The first-order chi connectivity index (χ1) is 14.0. The van der Waals surface area contributed by atoms with Crippen molar-refractivity contribution in [3.8, 4) is 5.69 Å². The molecule has 1 amide bonds. The second-order valence-corrected chi connectivity index (χ2v) is 8.08. The molecule has 1 aliphatic heterocycles. The van der Waals surface area contributed by atoms with Crippen molar-refractivity contribution in [2.75, 3.05) is 6.54 Å². The van der Waals surface area contributed by atoms with Crippen molar-refractivity contribution >= 4 is 32.7 Å². The number of benzene rings is 2. The maximum atomic E-state index is 14.2. The number of rotatable bonds is 2. The maximum Gasteiger partial charge on any atom is 0.257 e. The van der Waals surface area contributed by atoms with Gasteiger partial charge in [-0.3, -0.25) is 4.79 Å². The predicted molar refractivity (Wildman–Crippen MR) is 113 cm³/mol. The van der Waals surface area contributed by atoms with Crippen molar-refractivity contribution in [3.63, 3.8) is 0 Å². The summed E-state index contributed by atoms with van der Waals surface area (Å²) < 4.78 is 16.7. The van der Waals surface area contributed by atoms with Crippen LogP contribution in [0, 0.1) is 12.7 Å². The molecular formula is C22H18BrFN4O. The van der Waals surface area contributed by atoms with Crippen LogP contribution >= 0.6 is 15.9 Å². The van der Waals surface area contributed by atoms with Crippen LogP contribution in [-0.4, -0.2) is 32.1 Å². The Hall–Kier alpha value is -2.93. The molecule has 146 valence electrons. The van der Waals surface area contributed by atoms with Gasteiger partial charge in [-0.05, 0) is 41.1 Å². The summed E-state index contributed by atoms with van der Waals surface area (Å²) >= 11 is 3.59. The number of carbonyl (C=O) groups excluding carboxylic acids is 1. The van der Waals surface area contributed by atoms with Gasteiger partial charge >= 0.3 is 0 Å². The molecule has 0 saturated heterocycles. The summed E-state index contributed by atoms with van der Waals surface area (Å²) in [4.78, 5) is 18.6. The van der Waals surface area contributed by atoms with Gasteiger partial charge in [0.15, 0.2) is 0 Å². The second-order valence-electron chi connectivity index (χ2n) is 7.23. The van der Waals surface area contributed by atoms with E-state index < -0.39 is 0 Å². The lowest BCUT2D eigenvalue weighted by Gasteiger charge is -2.27. The fourth-order valence-corrected chi connectivity index (χ4v) is 4.50. The van der Waals surface area contributed by atoms with Crippen LogP contribution in [0.15, 0.2) is 53.1 Å². The Morgan fingerprint density at radius 3 is 2.86 bits per heavy atom. The largest absolute Gasteiger partial charge is 0.357 e. The highest BCUT2D eigenvalue weighted by atomic mass is 79.9. The van der Waals surface area contributed by atoms with E-state index in [4.69, 9.17) is 0 Å². The molecule has 2 aromatic heterocycles. The first kappa shape index (κ1) is 18.1. The van der Waals surface area contributed by atoms with Crippen LogP contribution in [-0.2, 0) is 13.0 Å². The van der Waals surface area contributed by atoms with E-state index in [0.717, 1.165) is 27.4 Å². The minimum absolute atomic E-state index is 0.0833. The van der Waals surface area contributed by atoms with Crippen molar-refractivity contribution in [1.29, 1.82) is 0 Å². The normalized spacial score (nSPS) is 13.7. The van der Waals surface area contributed by atoms with Crippen molar-refractivity contribution in [2.45, 2.75) is 19.9 Å². The molecular weight excluding hydrogens is 435 g/mol. The van der Waals surface area contributed by atoms with Gasteiger partial charge in [-0.1, -0.05) is 24.3 Å². The van der Waals surface area contributed by atoms with E-state index in [0.29, 0.717) is 30.0 Å². The van der Waals surface area contributed by atoms with Crippen LogP contribution in [0.1, 0.15) is 27.3 Å². The number of para-hydroxylation sites is 2. The summed E-state index contributed by atoms with van der Waals surface area (Å²) in [5, 5.41) is 5.41. The molecule has 0 unspecified atom stereocenters. The summed E-state index contributed by atoms with van der Waals surface area (Å²) in [6.45, 7) is 2.96. The standard InChI is InChI=1S/C22H18BrFN4O/c1-13-15(11-25-28(13)20-8-3-2-7-18(20)24)22(29)27-10-9-19-16(12-27)14-5-4-6-17(23)21(14)26-19/h2-8,11,26H,9-10,12H2,1H3. The number of carbonyl (C=O) groups is 1. The van der Waals surface area contributed by atoms with Gasteiger partial charge in [-0.15, -0.1) is 0 Å². The molecule has 5 nitrogen and oxygen atoms in total. The highest BCUT2D eigenvalue weighted by Crippen LogP contribution is 2.32. The van der Waals surface area contributed by atoms with Crippen molar-refractivity contribution in [3.05, 3.63) is 81.5 Å². The minimum atomic E-state index is -0.371. The Bertz CT molecular complexity index is 1260. The number of aromatic nitrogens is 3.